The van der Waals surface area contributed by atoms with Crippen molar-refractivity contribution in [1.29, 1.82) is 0 Å². The second-order valence-electron chi connectivity index (χ2n) is 8.13. The Morgan fingerprint density at radius 1 is 1.10 bits per heavy atom. The third kappa shape index (κ3) is 8.16. The number of halogens is 1. The van der Waals surface area contributed by atoms with E-state index in [2.05, 4.69) is 65.0 Å². The van der Waals surface area contributed by atoms with Crippen LogP contribution in [0.15, 0.2) is 65.7 Å². The highest BCUT2D eigenvalue weighted by Gasteiger charge is 2.29. The molecule has 0 radical (unpaired) electrons. The maximum Gasteiger partial charge on any atom is 0.223 e. The first-order valence-electron chi connectivity index (χ1n) is 11.0. The fraction of sp³-hybridized carbons (Fsp3) is 0.440. The zero-order valence-corrected chi connectivity index (χ0v) is 20.9. The highest BCUT2D eigenvalue weighted by atomic mass is 127. The summed E-state index contributed by atoms with van der Waals surface area (Å²) in [7, 11) is 1.79. The third-order valence-corrected chi connectivity index (χ3v) is 5.83. The van der Waals surface area contributed by atoms with Gasteiger partial charge >= 0.3 is 0 Å². The Hall–Kier alpha value is -2.09. The second-order valence-corrected chi connectivity index (χ2v) is 8.13. The van der Waals surface area contributed by atoms with Crippen LogP contribution in [0.3, 0.4) is 0 Å². The molecule has 5 nitrogen and oxygen atoms in total. The summed E-state index contributed by atoms with van der Waals surface area (Å²) >= 11 is 0. The van der Waals surface area contributed by atoms with Gasteiger partial charge in [0.15, 0.2) is 5.96 Å². The Kier molecular flexibility index (Phi) is 10.8. The van der Waals surface area contributed by atoms with Crippen LogP contribution in [0.4, 0.5) is 0 Å². The number of nitrogens with zero attached hydrogens (tertiary/aromatic N) is 2. The molecule has 0 spiro atoms. The van der Waals surface area contributed by atoms with Gasteiger partial charge < -0.3 is 15.5 Å². The van der Waals surface area contributed by atoms with Crippen molar-refractivity contribution in [3.05, 3.63) is 71.8 Å². The normalized spacial score (nSPS) is 17.2. The van der Waals surface area contributed by atoms with E-state index < -0.39 is 0 Å². The molecule has 1 saturated heterocycles. The zero-order valence-electron chi connectivity index (χ0n) is 18.6. The minimum absolute atomic E-state index is 0. The quantitative estimate of drug-likeness (QED) is 0.290. The summed E-state index contributed by atoms with van der Waals surface area (Å²) in [4.78, 5) is 18.7. The molecule has 1 aliphatic rings. The topological polar surface area (TPSA) is 56.7 Å². The molecule has 31 heavy (non-hydrogen) atoms. The molecule has 0 aliphatic carbocycles. The molecule has 168 valence electrons. The van der Waals surface area contributed by atoms with E-state index in [9.17, 15) is 4.79 Å². The lowest BCUT2D eigenvalue weighted by molar-refractivity contribution is -0.127. The standard InChI is InChI=1S/C25H34N4O.HI/c1-20(23-11-7-4-8-12-23)13-15-27-25(26-2)28-18-22-17-24(30)29(19-22)16-14-21-9-5-3-6-10-21;/h3-12,20,22H,13-19H2,1-2H3,(H2,26,27,28);1H. The molecule has 2 atom stereocenters. The highest BCUT2D eigenvalue weighted by molar-refractivity contribution is 14.0. The van der Waals surface area contributed by atoms with Gasteiger partial charge in [0.25, 0.3) is 0 Å². The monoisotopic (exact) mass is 534 g/mol. The number of rotatable bonds is 9. The molecule has 2 unspecified atom stereocenters. The van der Waals surface area contributed by atoms with Crippen molar-refractivity contribution >= 4 is 35.8 Å². The number of carbonyl (C=O) groups is 1. The van der Waals surface area contributed by atoms with Crippen molar-refractivity contribution in [3.8, 4) is 0 Å². The Morgan fingerprint density at radius 2 is 1.77 bits per heavy atom. The molecule has 1 amide bonds. The maximum absolute atomic E-state index is 12.4. The van der Waals surface area contributed by atoms with Crippen molar-refractivity contribution in [3.63, 3.8) is 0 Å². The molecule has 2 aromatic rings. The summed E-state index contributed by atoms with van der Waals surface area (Å²) in [6, 6.07) is 20.9. The highest BCUT2D eigenvalue weighted by Crippen LogP contribution is 2.18. The number of nitrogens with one attached hydrogen (secondary N) is 2. The van der Waals surface area contributed by atoms with Gasteiger partial charge in [-0.1, -0.05) is 67.6 Å². The van der Waals surface area contributed by atoms with E-state index in [0.717, 1.165) is 45.0 Å². The predicted molar refractivity (Wildman–Crippen MR) is 139 cm³/mol. The van der Waals surface area contributed by atoms with Gasteiger partial charge in [0, 0.05) is 45.6 Å². The van der Waals surface area contributed by atoms with Crippen molar-refractivity contribution in [2.24, 2.45) is 10.9 Å². The lowest BCUT2D eigenvalue weighted by Crippen LogP contribution is -2.40. The Labute approximate surface area is 203 Å². The summed E-state index contributed by atoms with van der Waals surface area (Å²) < 4.78 is 0. The number of hydrogen-bond donors (Lipinski definition) is 2. The molecule has 6 heteroatoms. The van der Waals surface area contributed by atoms with E-state index in [1.165, 1.54) is 11.1 Å². The van der Waals surface area contributed by atoms with Gasteiger partial charge in [-0.15, -0.1) is 24.0 Å². The fourth-order valence-corrected chi connectivity index (χ4v) is 3.93. The van der Waals surface area contributed by atoms with Gasteiger partial charge in [-0.05, 0) is 29.9 Å². The van der Waals surface area contributed by atoms with Gasteiger partial charge in [-0.2, -0.15) is 0 Å². The van der Waals surface area contributed by atoms with E-state index in [-0.39, 0.29) is 29.9 Å². The van der Waals surface area contributed by atoms with Gasteiger partial charge in [-0.25, -0.2) is 0 Å². The molecule has 1 fully saturated rings. The first-order valence-corrected chi connectivity index (χ1v) is 11.0. The average Bonchev–Trinajstić information content (AvgIpc) is 3.15. The number of likely N-dealkylation sites (tertiary alicyclic amines) is 1. The van der Waals surface area contributed by atoms with Crippen molar-refractivity contribution in [2.45, 2.75) is 32.1 Å². The molecule has 0 bridgehead atoms. The Morgan fingerprint density at radius 3 is 2.45 bits per heavy atom. The van der Waals surface area contributed by atoms with Crippen molar-refractivity contribution in [1.82, 2.24) is 15.5 Å². The van der Waals surface area contributed by atoms with E-state index in [1.54, 1.807) is 7.05 Å². The van der Waals surface area contributed by atoms with Crippen LogP contribution in [0.1, 0.15) is 36.8 Å². The van der Waals surface area contributed by atoms with Gasteiger partial charge in [0.1, 0.15) is 0 Å². The summed E-state index contributed by atoms with van der Waals surface area (Å²) in [5.41, 5.74) is 2.64. The predicted octanol–water partition coefficient (Wildman–Crippen LogP) is 4.05. The summed E-state index contributed by atoms with van der Waals surface area (Å²) in [5.74, 6) is 1.90. The molecule has 1 aliphatic heterocycles. The largest absolute Gasteiger partial charge is 0.356 e. The van der Waals surface area contributed by atoms with Crippen LogP contribution in [0, 0.1) is 5.92 Å². The van der Waals surface area contributed by atoms with Crippen LogP contribution in [0.25, 0.3) is 0 Å². The molecule has 3 rings (SSSR count). The Bertz CT molecular complexity index is 813. The lowest BCUT2D eigenvalue weighted by Gasteiger charge is -2.18. The molecular formula is C25H35IN4O. The van der Waals surface area contributed by atoms with Crippen LogP contribution in [0.5, 0.6) is 0 Å². The third-order valence-electron chi connectivity index (χ3n) is 5.83. The summed E-state index contributed by atoms with van der Waals surface area (Å²) in [5, 5.41) is 6.80. The van der Waals surface area contributed by atoms with Crippen LogP contribution in [0.2, 0.25) is 0 Å². The van der Waals surface area contributed by atoms with Crippen LogP contribution in [-0.2, 0) is 11.2 Å². The fourth-order valence-electron chi connectivity index (χ4n) is 3.93. The maximum atomic E-state index is 12.4. The van der Waals surface area contributed by atoms with E-state index in [1.807, 2.05) is 23.1 Å². The summed E-state index contributed by atoms with van der Waals surface area (Å²) in [6.07, 6.45) is 2.57. The number of guanidine groups is 1. The summed E-state index contributed by atoms with van der Waals surface area (Å²) in [6.45, 7) is 5.50. The number of carbonyl (C=O) groups excluding carboxylic acids is 1. The lowest BCUT2D eigenvalue weighted by atomic mass is 9.98. The first-order chi connectivity index (χ1) is 14.7. The number of amides is 1. The average molecular weight is 534 g/mol. The molecule has 2 N–H and O–H groups in total. The van der Waals surface area contributed by atoms with E-state index >= 15 is 0 Å². The van der Waals surface area contributed by atoms with E-state index in [4.69, 9.17) is 0 Å². The van der Waals surface area contributed by atoms with Crippen LogP contribution in [-0.4, -0.2) is 50.0 Å². The van der Waals surface area contributed by atoms with Crippen LogP contribution >= 0.6 is 24.0 Å². The molecule has 2 aromatic carbocycles. The zero-order chi connectivity index (χ0) is 21.2. The first kappa shape index (κ1) is 25.2. The van der Waals surface area contributed by atoms with Crippen LogP contribution < -0.4 is 10.6 Å². The van der Waals surface area contributed by atoms with Gasteiger partial charge in [0.05, 0.1) is 0 Å². The number of aliphatic imine (C=N–C) groups is 1. The smallest absolute Gasteiger partial charge is 0.223 e. The Balaban J connectivity index is 0.00000341. The number of benzene rings is 2. The molecular weight excluding hydrogens is 499 g/mol. The number of hydrogen-bond acceptors (Lipinski definition) is 2. The van der Waals surface area contributed by atoms with E-state index in [0.29, 0.717) is 18.3 Å². The van der Waals surface area contributed by atoms with Crippen molar-refractivity contribution in [2.75, 3.05) is 33.2 Å². The molecule has 0 aromatic heterocycles. The van der Waals surface area contributed by atoms with Gasteiger partial charge in [0.2, 0.25) is 5.91 Å². The second kappa shape index (κ2) is 13.3. The van der Waals surface area contributed by atoms with Crippen molar-refractivity contribution < 1.29 is 4.79 Å². The minimum Gasteiger partial charge on any atom is -0.356 e. The molecule has 1 heterocycles. The minimum atomic E-state index is 0. The SMILES string of the molecule is CN=C(NCCC(C)c1ccccc1)NCC1CC(=O)N(CCc2ccccc2)C1.I. The van der Waals surface area contributed by atoms with Gasteiger partial charge in [-0.3, -0.25) is 9.79 Å². The molecule has 0 saturated carbocycles.